The second-order valence-corrected chi connectivity index (χ2v) is 4.76. The molecule has 1 N–H and O–H groups in total. The molecule has 0 unspecified atom stereocenters. The molecular formula is C14H23N3. The normalized spacial score (nSPS) is 17.2. The minimum Gasteiger partial charge on any atom is -0.311 e. The Morgan fingerprint density at radius 3 is 3.06 bits per heavy atom. The molecule has 1 fully saturated rings. The number of rotatable bonds is 6. The van der Waals surface area contributed by atoms with Gasteiger partial charge in [-0.3, -0.25) is 4.68 Å². The van der Waals surface area contributed by atoms with Crippen molar-refractivity contribution in [2.24, 2.45) is 0 Å². The van der Waals surface area contributed by atoms with Crippen LogP contribution in [0.1, 0.15) is 50.8 Å². The second-order valence-electron chi connectivity index (χ2n) is 4.76. The molecule has 1 saturated carbocycles. The van der Waals surface area contributed by atoms with Gasteiger partial charge in [-0.15, -0.1) is 0 Å². The Morgan fingerprint density at radius 2 is 2.29 bits per heavy atom. The van der Waals surface area contributed by atoms with Crippen LogP contribution in [0.2, 0.25) is 0 Å². The fourth-order valence-electron chi connectivity index (χ4n) is 2.41. The van der Waals surface area contributed by atoms with Gasteiger partial charge in [-0.1, -0.05) is 25.0 Å². The molecule has 0 radical (unpaired) electrons. The highest BCUT2D eigenvalue weighted by atomic mass is 15.3. The lowest BCUT2D eigenvalue weighted by molar-refractivity contribution is 0.461. The molecule has 3 nitrogen and oxygen atoms in total. The van der Waals surface area contributed by atoms with Crippen molar-refractivity contribution in [3.63, 3.8) is 0 Å². The van der Waals surface area contributed by atoms with Crippen molar-refractivity contribution in [2.75, 3.05) is 6.54 Å². The van der Waals surface area contributed by atoms with E-state index >= 15 is 0 Å². The molecule has 2 rings (SSSR count). The van der Waals surface area contributed by atoms with Crippen molar-refractivity contribution in [1.29, 1.82) is 0 Å². The Kier molecular flexibility index (Phi) is 4.80. The number of nitrogens with zero attached hydrogens (tertiary/aromatic N) is 2. The predicted molar refractivity (Wildman–Crippen MR) is 70.9 cm³/mol. The van der Waals surface area contributed by atoms with Crippen LogP contribution in [0, 0.1) is 0 Å². The summed E-state index contributed by atoms with van der Waals surface area (Å²) in [6.45, 7) is 3.97. The molecule has 0 aliphatic heterocycles. The molecule has 94 valence electrons. The van der Waals surface area contributed by atoms with E-state index in [0.717, 1.165) is 25.2 Å². The summed E-state index contributed by atoms with van der Waals surface area (Å²) >= 11 is 0. The second kappa shape index (κ2) is 6.60. The first-order valence-corrected chi connectivity index (χ1v) is 6.76. The van der Waals surface area contributed by atoms with Gasteiger partial charge in [0.1, 0.15) is 0 Å². The number of hydrogen-bond donors (Lipinski definition) is 1. The first-order valence-electron chi connectivity index (χ1n) is 6.76. The van der Waals surface area contributed by atoms with Crippen LogP contribution in [0.5, 0.6) is 0 Å². The van der Waals surface area contributed by atoms with Crippen molar-refractivity contribution >= 4 is 0 Å². The van der Waals surface area contributed by atoms with Crippen molar-refractivity contribution < 1.29 is 0 Å². The maximum Gasteiger partial charge on any atom is 0.0762 e. The third kappa shape index (κ3) is 3.70. The summed E-state index contributed by atoms with van der Waals surface area (Å²) in [4.78, 5) is 0. The molecule has 0 amide bonds. The van der Waals surface area contributed by atoms with E-state index in [1.54, 1.807) is 0 Å². The van der Waals surface area contributed by atoms with Gasteiger partial charge in [-0.2, -0.15) is 5.10 Å². The zero-order valence-electron chi connectivity index (χ0n) is 10.7. The Labute approximate surface area is 104 Å². The molecule has 0 saturated heterocycles. The van der Waals surface area contributed by atoms with Gasteiger partial charge in [-0.05, 0) is 38.8 Å². The number of allylic oxidation sites excluding steroid dienone is 1. The third-order valence-electron chi connectivity index (χ3n) is 3.39. The van der Waals surface area contributed by atoms with E-state index in [4.69, 9.17) is 0 Å². The van der Waals surface area contributed by atoms with E-state index in [-0.39, 0.29) is 0 Å². The zero-order valence-corrected chi connectivity index (χ0v) is 10.7. The monoisotopic (exact) mass is 233 g/mol. The van der Waals surface area contributed by atoms with E-state index in [2.05, 4.69) is 46.4 Å². The lowest BCUT2D eigenvalue weighted by Gasteiger charge is -2.08. The Bertz CT molecular complexity index is 348. The summed E-state index contributed by atoms with van der Waals surface area (Å²) < 4.78 is 2.16. The van der Waals surface area contributed by atoms with Crippen LogP contribution in [0.4, 0.5) is 0 Å². The van der Waals surface area contributed by atoms with E-state index in [9.17, 15) is 0 Å². The molecule has 0 aromatic carbocycles. The molecule has 17 heavy (non-hydrogen) atoms. The highest BCUT2D eigenvalue weighted by Gasteiger charge is 2.17. The van der Waals surface area contributed by atoms with Gasteiger partial charge in [0, 0.05) is 12.7 Å². The van der Waals surface area contributed by atoms with Crippen molar-refractivity contribution in [2.45, 2.75) is 51.6 Å². The average molecular weight is 233 g/mol. The van der Waals surface area contributed by atoms with Gasteiger partial charge < -0.3 is 5.32 Å². The maximum atomic E-state index is 4.65. The molecule has 1 aromatic heterocycles. The molecule has 1 aliphatic carbocycles. The van der Waals surface area contributed by atoms with Gasteiger partial charge in [0.05, 0.1) is 11.7 Å². The summed E-state index contributed by atoms with van der Waals surface area (Å²) in [6.07, 6.45) is 12.8. The van der Waals surface area contributed by atoms with Crippen molar-refractivity contribution in [3.05, 3.63) is 30.1 Å². The van der Waals surface area contributed by atoms with Gasteiger partial charge >= 0.3 is 0 Å². The first-order chi connectivity index (χ1) is 8.40. The minimum atomic E-state index is 0.659. The Hall–Kier alpha value is -1.09. The molecule has 1 aromatic rings. The standard InChI is InChI=1S/C14H23N3/c1-2-3-6-10-15-12-13-9-11-17(16-13)14-7-4-5-8-14/h2-3,9,11,14-15H,4-8,10,12H2,1H3/b3-2+. The quantitative estimate of drug-likeness (QED) is 0.604. The van der Waals surface area contributed by atoms with Gasteiger partial charge in [0.15, 0.2) is 0 Å². The highest BCUT2D eigenvalue weighted by Crippen LogP contribution is 2.28. The maximum absolute atomic E-state index is 4.65. The predicted octanol–water partition coefficient (Wildman–Crippen LogP) is 3.05. The smallest absolute Gasteiger partial charge is 0.0762 e. The zero-order chi connectivity index (χ0) is 11.9. The van der Waals surface area contributed by atoms with E-state index in [0.29, 0.717) is 6.04 Å². The highest BCUT2D eigenvalue weighted by molar-refractivity contribution is 5.00. The van der Waals surface area contributed by atoms with E-state index < -0.39 is 0 Å². The molecule has 3 heteroatoms. The van der Waals surface area contributed by atoms with Crippen LogP contribution in [-0.4, -0.2) is 16.3 Å². The molecule has 0 bridgehead atoms. The van der Waals surface area contributed by atoms with Crippen LogP contribution < -0.4 is 5.32 Å². The van der Waals surface area contributed by atoms with Gasteiger partial charge in [0.2, 0.25) is 0 Å². The molecule has 0 spiro atoms. The van der Waals surface area contributed by atoms with Gasteiger partial charge in [-0.25, -0.2) is 0 Å². The number of aromatic nitrogens is 2. The fraction of sp³-hybridized carbons (Fsp3) is 0.643. The molecule has 1 aliphatic rings. The number of hydrogen-bond acceptors (Lipinski definition) is 2. The van der Waals surface area contributed by atoms with E-state index in [1.807, 2.05) is 0 Å². The lowest BCUT2D eigenvalue weighted by atomic mass is 10.3. The third-order valence-corrected chi connectivity index (χ3v) is 3.39. The Morgan fingerprint density at radius 1 is 1.47 bits per heavy atom. The summed E-state index contributed by atoms with van der Waals surface area (Å²) in [5, 5.41) is 8.06. The molecule has 1 heterocycles. The van der Waals surface area contributed by atoms with E-state index in [1.165, 1.54) is 25.7 Å². The van der Waals surface area contributed by atoms with Crippen LogP contribution in [0.15, 0.2) is 24.4 Å². The summed E-state index contributed by atoms with van der Waals surface area (Å²) in [6, 6.07) is 2.80. The topological polar surface area (TPSA) is 29.9 Å². The van der Waals surface area contributed by atoms with Gasteiger partial charge in [0.25, 0.3) is 0 Å². The average Bonchev–Trinajstić information content (AvgIpc) is 2.99. The van der Waals surface area contributed by atoms with Crippen LogP contribution in [-0.2, 0) is 6.54 Å². The van der Waals surface area contributed by atoms with Crippen molar-refractivity contribution in [3.8, 4) is 0 Å². The largest absolute Gasteiger partial charge is 0.311 e. The minimum absolute atomic E-state index is 0.659. The summed E-state index contributed by atoms with van der Waals surface area (Å²) in [5.41, 5.74) is 1.16. The first kappa shape index (κ1) is 12.4. The van der Waals surface area contributed by atoms with Crippen LogP contribution in [0.3, 0.4) is 0 Å². The summed E-state index contributed by atoms with van der Waals surface area (Å²) in [7, 11) is 0. The molecule has 0 atom stereocenters. The number of nitrogens with one attached hydrogen (secondary N) is 1. The van der Waals surface area contributed by atoms with Crippen molar-refractivity contribution in [1.82, 2.24) is 15.1 Å². The Balaban J connectivity index is 1.74. The molecular weight excluding hydrogens is 210 g/mol. The fourth-order valence-corrected chi connectivity index (χ4v) is 2.41. The van der Waals surface area contributed by atoms with Crippen LogP contribution in [0.25, 0.3) is 0 Å². The lowest BCUT2D eigenvalue weighted by Crippen LogP contribution is -2.15. The van der Waals surface area contributed by atoms with Crippen LogP contribution >= 0.6 is 0 Å². The summed E-state index contributed by atoms with van der Waals surface area (Å²) in [5.74, 6) is 0. The SMILES string of the molecule is C/C=C/CCNCc1ccn(C2CCCC2)n1.